The lowest BCUT2D eigenvalue weighted by molar-refractivity contribution is 0.0983. The van der Waals surface area contributed by atoms with Crippen LogP contribution in [0.15, 0.2) is 27.8 Å². The van der Waals surface area contributed by atoms with Gasteiger partial charge >= 0.3 is 5.69 Å². The second-order valence-electron chi connectivity index (χ2n) is 8.13. The fourth-order valence-corrected chi connectivity index (χ4v) is 3.22. The van der Waals surface area contributed by atoms with E-state index in [4.69, 9.17) is 5.73 Å². The van der Waals surface area contributed by atoms with E-state index >= 15 is 0 Å². The van der Waals surface area contributed by atoms with Crippen LogP contribution in [0.5, 0.6) is 0 Å². The Labute approximate surface area is 165 Å². The van der Waals surface area contributed by atoms with E-state index in [9.17, 15) is 14.4 Å². The van der Waals surface area contributed by atoms with E-state index in [-0.39, 0.29) is 29.2 Å². The van der Waals surface area contributed by atoms with E-state index in [2.05, 4.69) is 4.98 Å². The first-order valence-corrected chi connectivity index (χ1v) is 9.54. The molecule has 3 N–H and O–H groups in total. The van der Waals surface area contributed by atoms with Gasteiger partial charge in [0.1, 0.15) is 5.82 Å². The minimum Gasteiger partial charge on any atom is -0.383 e. The number of nitrogens with one attached hydrogen (secondary N) is 1. The highest BCUT2D eigenvalue weighted by molar-refractivity contribution is 6.08. The molecule has 0 bridgehead atoms. The molecule has 0 atom stereocenters. The van der Waals surface area contributed by atoms with Crippen LogP contribution in [-0.2, 0) is 6.54 Å². The molecule has 0 fully saturated rings. The zero-order valence-corrected chi connectivity index (χ0v) is 17.5. The summed E-state index contributed by atoms with van der Waals surface area (Å²) in [6.07, 6.45) is 0. The van der Waals surface area contributed by atoms with E-state index < -0.39 is 11.2 Å². The summed E-state index contributed by atoms with van der Waals surface area (Å²) in [6, 6.07) is 5.55. The van der Waals surface area contributed by atoms with Crippen molar-refractivity contribution in [2.24, 2.45) is 11.8 Å². The van der Waals surface area contributed by atoms with Gasteiger partial charge in [-0.25, -0.2) is 4.79 Å². The van der Waals surface area contributed by atoms with Crippen molar-refractivity contribution in [2.75, 3.05) is 17.2 Å². The highest BCUT2D eigenvalue weighted by Gasteiger charge is 2.27. The van der Waals surface area contributed by atoms with Crippen LogP contribution < -0.4 is 21.9 Å². The molecule has 1 heterocycles. The molecule has 152 valence electrons. The number of amides is 1. The third-order valence-corrected chi connectivity index (χ3v) is 4.44. The Balaban J connectivity index is 2.68. The lowest BCUT2D eigenvalue weighted by Crippen LogP contribution is -2.43. The largest absolute Gasteiger partial charge is 0.383 e. The van der Waals surface area contributed by atoms with Gasteiger partial charge in [0.05, 0.1) is 0 Å². The zero-order valence-electron chi connectivity index (χ0n) is 17.5. The summed E-state index contributed by atoms with van der Waals surface area (Å²) in [5.74, 6) is -0.0503. The van der Waals surface area contributed by atoms with Gasteiger partial charge in [-0.15, -0.1) is 0 Å². The molecule has 0 unspecified atom stereocenters. The normalized spacial score (nSPS) is 11.3. The van der Waals surface area contributed by atoms with E-state index in [0.29, 0.717) is 18.7 Å². The Morgan fingerprint density at radius 3 is 2.32 bits per heavy atom. The molecule has 0 aliphatic heterocycles. The number of nitrogens with zero attached hydrogens (tertiary/aromatic N) is 2. The van der Waals surface area contributed by atoms with E-state index in [1.165, 1.54) is 9.47 Å². The van der Waals surface area contributed by atoms with Gasteiger partial charge < -0.3 is 10.6 Å². The molecule has 0 aliphatic rings. The zero-order chi connectivity index (χ0) is 21.2. The number of H-pyrrole nitrogens is 1. The molecule has 7 nitrogen and oxygen atoms in total. The van der Waals surface area contributed by atoms with Crippen LogP contribution in [0.4, 0.5) is 11.5 Å². The number of anilines is 2. The Morgan fingerprint density at radius 2 is 1.79 bits per heavy atom. The van der Waals surface area contributed by atoms with Crippen molar-refractivity contribution >= 4 is 17.4 Å². The van der Waals surface area contributed by atoms with E-state index in [0.717, 1.165) is 11.1 Å². The summed E-state index contributed by atoms with van der Waals surface area (Å²) >= 11 is 0. The van der Waals surface area contributed by atoms with Crippen LogP contribution in [0, 0.1) is 25.7 Å². The van der Waals surface area contributed by atoms with E-state index in [1.54, 1.807) is 6.07 Å². The lowest BCUT2D eigenvalue weighted by atomic mass is 10.0. The maximum atomic E-state index is 13.4. The maximum Gasteiger partial charge on any atom is 0.330 e. The average Bonchev–Trinajstić information content (AvgIpc) is 2.56. The quantitative estimate of drug-likeness (QED) is 0.797. The Hall–Kier alpha value is -2.83. The highest BCUT2D eigenvalue weighted by Crippen LogP contribution is 2.23. The number of nitrogens with two attached hydrogens (primary N) is 1. The van der Waals surface area contributed by atoms with Crippen LogP contribution in [0.25, 0.3) is 0 Å². The fourth-order valence-electron chi connectivity index (χ4n) is 3.22. The molecular formula is C21H30N4O3. The number of carbonyl (C=O) groups excluding carboxylic acids is 1. The highest BCUT2D eigenvalue weighted by atomic mass is 16.2. The first-order chi connectivity index (χ1) is 13.0. The predicted molar refractivity (Wildman–Crippen MR) is 113 cm³/mol. The molecule has 0 saturated carbocycles. The molecule has 0 aliphatic carbocycles. The first-order valence-electron chi connectivity index (χ1n) is 9.54. The number of nitrogen functional groups attached to an aromatic ring is 1. The van der Waals surface area contributed by atoms with Gasteiger partial charge in [0.25, 0.3) is 11.5 Å². The van der Waals surface area contributed by atoms with Crippen LogP contribution in [0.2, 0.25) is 0 Å². The van der Waals surface area contributed by atoms with Gasteiger partial charge in [0.15, 0.2) is 5.69 Å². The Bertz CT molecular complexity index is 986. The fraction of sp³-hybridized carbons (Fsp3) is 0.476. The van der Waals surface area contributed by atoms with Crippen molar-refractivity contribution in [1.29, 1.82) is 0 Å². The summed E-state index contributed by atoms with van der Waals surface area (Å²) in [6.45, 7) is 12.3. The van der Waals surface area contributed by atoms with Crippen LogP contribution in [-0.4, -0.2) is 22.0 Å². The van der Waals surface area contributed by atoms with Gasteiger partial charge in [-0.1, -0.05) is 45.4 Å². The van der Waals surface area contributed by atoms with Crippen molar-refractivity contribution in [1.82, 2.24) is 9.55 Å². The number of hydrogen-bond acceptors (Lipinski definition) is 4. The topological polar surface area (TPSA) is 101 Å². The molecule has 2 rings (SSSR count). The third kappa shape index (κ3) is 4.52. The number of aromatic nitrogens is 2. The Morgan fingerprint density at radius 1 is 1.14 bits per heavy atom. The van der Waals surface area contributed by atoms with Crippen molar-refractivity contribution < 1.29 is 4.79 Å². The van der Waals surface area contributed by atoms with Gasteiger partial charge in [0.2, 0.25) is 0 Å². The number of aromatic amines is 1. The van der Waals surface area contributed by atoms with Gasteiger partial charge in [-0.05, 0) is 37.3 Å². The molecule has 1 aromatic heterocycles. The number of benzene rings is 1. The average molecular weight is 386 g/mol. The Kier molecular flexibility index (Phi) is 6.48. The van der Waals surface area contributed by atoms with E-state index in [1.807, 2.05) is 53.7 Å². The molecule has 0 spiro atoms. The van der Waals surface area contributed by atoms with Gasteiger partial charge in [-0.3, -0.25) is 19.1 Å². The monoisotopic (exact) mass is 386 g/mol. The molecule has 7 heteroatoms. The molecule has 1 aromatic carbocycles. The third-order valence-electron chi connectivity index (χ3n) is 4.44. The molecule has 1 amide bonds. The van der Waals surface area contributed by atoms with Crippen LogP contribution in [0.3, 0.4) is 0 Å². The van der Waals surface area contributed by atoms with Crippen molar-refractivity contribution in [3.05, 3.63) is 55.7 Å². The SMILES string of the molecule is Cc1ccc(C(=O)N(CC(C)C)c2c(N)n(CC(C)C)c(=O)[nH]c2=O)c(C)c1. The smallest absolute Gasteiger partial charge is 0.330 e. The number of rotatable bonds is 6. The molecule has 28 heavy (non-hydrogen) atoms. The van der Waals surface area contributed by atoms with Crippen molar-refractivity contribution in [2.45, 2.75) is 48.1 Å². The second-order valence-corrected chi connectivity index (χ2v) is 8.13. The number of carbonyl (C=O) groups is 1. The summed E-state index contributed by atoms with van der Waals surface area (Å²) < 4.78 is 1.32. The maximum absolute atomic E-state index is 13.4. The first kappa shape index (κ1) is 21.5. The summed E-state index contributed by atoms with van der Waals surface area (Å²) in [5.41, 5.74) is 7.42. The minimum absolute atomic E-state index is 0.0150. The molecule has 0 radical (unpaired) electrons. The molecule has 2 aromatic rings. The van der Waals surface area contributed by atoms with Crippen molar-refractivity contribution in [3.8, 4) is 0 Å². The second kappa shape index (κ2) is 8.46. The summed E-state index contributed by atoms with van der Waals surface area (Å²) in [7, 11) is 0. The standard InChI is InChI=1S/C21H30N4O3/c1-12(2)10-24(20(27)16-8-7-14(5)9-15(16)6)17-18(22)25(11-13(3)4)21(28)23-19(17)26/h7-9,12-13H,10-11,22H2,1-6H3,(H,23,26,28). The number of hydrogen-bond donors (Lipinski definition) is 2. The van der Waals surface area contributed by atoms with Gasteiger partial charge in [0, 0.05) is 18.7 Å². The summed E-state index contributed by atoms with van der Waals surface area (Å²) in [4.78, 5) is 42.0. The molecule has 0 saturated heterocycles. The van der Waals surface area contributed by atoms with Crippen LogP contribution in [0.1, 0.15) is 49.2 Å². The minimum atomic E-state index is -0.652. The number of aryl methyl sites for hydroxylation is 2. The lowest BCUT2D eigenvalue weighted by Gasteiger charge is -2.27. The van der Waals surface area contributed by atoms with Crippen LogP contribution >= 0.6 is 0 Å². The predicted octanol–water partition coefficient (Wildman–Crippen LogP) is 2.69. The van der Waals surface area contributed by atoms with Gasteiger partial charge in [-0.2, -0.15) is 0 Å². The van der Waals surface area contributed by atoms with Crippen molar-refractivity contribution in [3.63, 3.8) is 0 Å². The summed E-state index contributed by atoms with van der Waals surface area (Å²) in [5, 5.41) is 0. The molecular weight excluding hydrogens is 356 g/mol.